The molecule has 7 heteroatoms. The molecule has 0 saturated heterocycles. The Morgan fingerprint density at radius 3 is 2.54 bits per heavy atom. The Labute approximate surface area is 170 Å². The predicted octanol–water partition coefficient (Wildman–Crippen LogP) is 5.56. The molecule has 0 saturated carbocycles. The summed E-state index contributed by atoms with van der Waals surface area (Å²) in [7, 11) is 0. The molecule has 3 rings (SSSR count). The standard InChI is InChI=1S/C21H20F2N2OS2/c1-21(2,3)28(26)24-13-18-19(11-14-7-5-4-6-8-14)27-20(25-18)16-12-15(22)9-10-17(16)23/h4-10,12-13H,11H2,1-3H3/b24-13+/t28-/m1/s1. The molecule has 0 radical (unpaired) electrons. The Hall–Kier alpha value is -2.09. The van der Waals surface area contributed by atoms with E-state index in [1.807, 2.05) is 51.1 Å². The van der Waals surface area contributed by atoms with E-state index >= 15 is 0 Å². The lowest BCUT2D eigenvalue weighted by atomic mass is 10.1. The van der Waals surface area contributed by atoms with Crippen molar-refractivity contribution in [3.05, 3.63) is 76.3 Å². The lowest BCUT2D eigenvalue weighted by molar-refractivity contribution is 0.562. The molecule has 1 heterocycles. The smallest absolute Gasteiger partial charge is 0.144 e. The van der Waals surface area contributed by atoms with Gasteiger partial charge in [-0.15, -0.1) is 11.3 Å². The lowest BCUT2D eigenvalue weighted by Gasteiger charge is -2.17. The summed E-state index contributed by atoms with van der Waals surface area (Å²) in [5.41, 5.74) is 1.69. The Morgan fingerprint density at radius 1 is 1.14 bits per heavy atom. The maximum atomic E-state index is 14.2. The molecule has 0 unspecified atom stereocenters. The van der Waals surface area contributed by atoms with Crippen LogP contribution in [0.2, 0.25) is 0 Å². The van der Waals surface area contributed by atoms with Crippen molar-refractivity contribution in [2.24, 2.45) is 4.40 Å². The van der Waals surface area contributed by atoms with Gasteiger partial charge in [0.25, 0.3) is 0 Å². The van der Waals surface area contributed by atoms with Gasteiger partial charge in [0.05, 0.1) is 0 Å². The summed E-state index contributed by atoms with van der Waals surface area (Å²) < 4.78 is 43.7. The lowest BCUT2D eigenvalue weighted by Crippen LogP contribution is -2.25. The van der Waals surface area contributed by atoms with Crippen LogP contribution in [0.25, 0.3) is 10.6 Å². The molecular weight excluding hydrogens is 398 g/mol. The molecule has 0 spiro atoms. The van der Waals surface area contributed by atoms with Gasteiger partial charge in [0.1, 0.15) is 44.7 Å². The zero-order valence-corrected chi connectivity index (χ0v) is 17.4. The van der Waals surface area contributed by atoms with Gasteiger partial charge in [0, 0.05) is 16.9 Å². The number of halogens is 2. The van der Waals surface area contributed by atoms with E-state index < -0.39 is 27.7 Å². The van der Waals surface area contributed by atoms with E-state index in [1.54, 1.807) is 0 Å². The van der Waals surface area contributed by atoms with Crippen LogP contribution >= 0.6 is 11.3 Å². The number of hydrogen-bond donors (Lipinski definition) is 0. The van der Waals surface area contributed by atoms with Crippen molar-refractivity contribution in [3.8, 4) is 10.6 Å². The number of aromatic nitrogens is 1. The average Bonchev–Trinajstić information content (AvgIpc) is 3.04. The van der Waals surface area contributed by atoms with Crippen LogP contribution in [0.3, 0.4) is 0 Å². The van der Waals surface area contributed by atoms with Crippen molar-refractivity contribution in [2.75, 3.05) is 0 Å². The number of rotatable bonds is 5. The van der Waals surface area contributed by atoms with Crippen molar-refractivity contribution in [2.45, 2.75) is 31.9 Å². The maximum Gasteiger partial charge on any atom is 0.144 e. The zero-order chi connectivity index (χ0) is 20.3. The molecule has 0 fully saturated rings. The highest BCUT2D eigenvalue weighted by Gasteiger charge is 2.26. The van der Waals surface area contributed by atoms with Gasteiger partial charge in [0.15, 0.2) is 0 Å². The molecule has 0 aliphatic heterocycles. The summed E-state index contributed by atoms with van der Waals surface area (Å²) >= 11 is -0.154. The molecule has 0 aliphatic carbocycles. The first-order valence-corrected chi connectivity index (χ1v) is 10.6. The maximum absolute atomic E-state index is 14.2. The molecule has 0 amide bonds. The highest BCUT2D eigenvalue weighted by atomic mass is 32.2. The molecule has 2 aromatic carbocycles. The van der Waals surface area contributed by atoms with E-state index in [1.165, 1.54) is 17.6 Å². The first-order valence-electron chi connectivity index (χ1n) is 8.69. The summed E-state index contributed by atoms with van der Waals surface area (Å²) in [6, 6.07) is 13.1. The van der Waals surface area contributed by atoms with Crippen LogP contribution in [0.1, 0.15) is 36.9 Å². The quantitative estimate of drug-likeness (QED) is 0.402. The highest BCUT2D eigenvalue weighted by Crippen LogP contribution is 2.31. The second-order valence-electron chi connectivity index (χ2n) is 7.21. The molecule has 0 bridgehead atoms. The minimum atomic E-state index is -1.44. The van der Waals surface area contributed by atoms with E-state index in [-0.39, 0.29) is 5.56 Å². The molecule has 3 nitrogen and oxygen atoms in total. The Bertz CT molecular complexity index is 982. The van der Waals surface area contributed by atoms with E-state index in [0.717, 1.165) is 28.6 Å². The topological polar surface area (TPSA) is 48.3 Å². The van der Waals surface area contributed by atoms with E-state index in [9.17, 15) is 13.3 Å². The second-order valence-corrected chi connectivity index (χ2v) is 10.2. The number of hydrogen-bond acceptors (Lipinski definition) is 4. The molecule has 3 aromatic rings. The van der Waals surface area contributed by atoms with Crippen molar-refractivity contribution in [3.63, 3.8) is 0 Å². The summed E-state index contributed by atoms with van der Waals surface area (Å²) in [6.45, 7) is 5.50. The average molecular weight is 419 g/mol. The normalized spacial score (nSPS) is 13.2. The number of nitrogens with zero attached hydrogens (tertiary/aromatic N) is 2. The van der Waals surface area contributed by atoms with Crippen molar-refractivity contribution < 1.29 is 13.3 Å². The number of thiazole rings is 1. The van der Waals surface area contributed by atoms with Crippen LogP contribution in [0, 0.1) is 11.6 Å². The third-order valence-electron chi connectivity index (χ3n) is 3.89. The Morgan fingerprint density at radius 2 is 1.86 bits per heavy atom. The highest BCUT2D eigenvalue weighted by molar-refractivity contribution is 7.91. The monoisotopic (exact) mass is 418 g/mol. The van der Waals surface area contributed by atoms with Crippen LogP contribution in [0.5, 0.6) is 0 Å². The summed E-state index contributed by atoms with van der Waals surface area (Å²) in [5, 5.41) is 0.367. The predicted molar refractivity (Wildman–Crippen MR) is 112 cm³/mol. The number of benzene rings is 2. The SMILES string of the molecule is CC(C)(C)[S@@+]([O-])/N=C/c1nc(-c2cc(F)ccc2F)sc1Cc1ccccc1. The third kappa shape index (κ3) is 5.04. The van der Waals surface area contributed by atoms with Crippen LogP contribution in [0.4, 0.5) is 8.78 Å². The van der Waals surface area contributed by atoms with Crippen LogP contribution in [-0.2, 0) is 17.8 Å². The van der Waals surface area contributed by atoms with Gasteiger partial charge < -0.3 is 4.55 Å². The minimum absolute atomic E-state index is 0.107. The van der Waals surface area contributed by atoms with E-state index in [0.29, 0.717) is 17.1 Å². The van der Waals surface area contributed by atoms with E-state index in [4.69, 9.17) is 0 Å². The van der Waals surface area contributed by atoms with Gasteiger partial charge in [-0.1, -0.05) is 34.7 Å². The van der Waals surface area contributed by atoms with Gasteiger partial charge in [-0.2, -0.15) is 0 Å². The zero-order valence-electron chi connectivity index (χ0n) is 15.8. The fourth-order valence-corrected chi connectivity index (χ4v) is 4.00. The Kier molecular flexibility index (Phi) is 6.27. The summed E-state index contributed by atoms with van der Waals surface area (Å²) in [4.78, 5) is 5.31. The summed E-state index contributed by atoms with van der Waals surface area (Å²) in [6.07, 6.45) is 2.04. The molecule has 28 heavy (non-hydrogen) atoms. The molecule has 146 valence electrons. The minimum Gasteiger partial charge on any atom is -0.591 e. The third-order valence-corrected chi connectivity index (χ3v) is 6.34. The second kappa shape index (κ2) is 8.51. The molecular formula is C21H20F2N2OS2. The summed E-state index contributed by atoms with van der Waals surface area (Å²) in [5.74, 6) is -1.07. The van der Waals surface area contributed by atoms with Gasteiger partial charge in [-0.05, 0) is 44.5 Å². The van der Waals surface area contributed by atoms with Gasteiger partial charge in [-0.3, -0.25) is 0 Å². The van der Waals surface area contributed by atoms with Crippen LogP contribution in [-0.4, -0.2) is 20.5 Å². The molecule has 1 atom stereocenters. The van der Waals surface area contributed by atoms with Crippen LogP contribution < -0.4 is 0 Å². The Balaban J connectivity index is 2.02. The largest absolute Gasteiger partial charge is 0.591 e. The van der Waals surface area contributed by atoms with Gasteiger partial charge in [0.2, 0.25) is 0 Å². The molecule has 1 aromatic heterocycles. The first-order chi connectivity index (χ1) is 13.2. The fraction of sp³-hybridized carbons (Fsp3) is 0.238. The molecule has 0 aliphatic rings. The van der Waals surface area contributed by atoms with Crippen molar-refractivity contribution >= 4 is 28.9 Å². The molecule has 0 N–H and O–H groups in total. The van der Waals surface area contributed by atoms with Crippen LogP contribution in [0.15, 0.2) is 52.9 Å². The van der Waals surface area contributed by atoms with E-state index in [2.05, 4.69) is 9.38 Å². The van der Waals surface area contributed by atoms with Gasteiger partial charge in [-0.25, -0.2) is 13.8 Å². The van der Waals surface area contributed by atoms with Gasteiger partial charge >= 0.3 is 0 Å². The van der Waals surface area contributed by atoms with Crippen molar-refractivity contribution in [1.82, 2.24) is 4.98 Å². The van der Waals surface area contributed by atoms with Crippen molar-refractivity contribution in [1.29, 1.82) is 0 Å². The first kappa shape index (κ1) is 20.6. The fourth-order valence-electron chi connectivity index (χ4n) is 2.40.